The molecule has 0 saturated carbocycles. The summed E-state index contributed by atoms with van der Waals surface area (Å²) in [6, 6.07) is 10.2. The number of nitrogens with one attached hydrogen (secondary N) is 1. The highest BCUT2D eigenvalue weighted by molar-refractivity contribution is 5.56. The van der Waals surface area contributed by atoms with Crippen LogP contribution in [0.15, 0.2) is 24.3 Å². The van der Waals surface area contributed by atoms with Crippen LogP contribution < -0.4 is 10.2 Å². The largest absolute Gasteiger partial charge is 0.367 e. The Kier molecular flexibility index (Phi) is 5.26. The van der Waals surface area contributed by atoms with Crippen LogP contribution in [0.4, 0.5) is 5.69 Å². The second-order valence-corrected chi connectivity index (χ2v) is 5.73. The van der Waals surface area contributed by atoms with Crippen molar-refractivity contribution in [3.8, 4) is 0 Å². The SMILES string of the molecule is CCCNC(CC)CN1c2ccccc2CCC1C. The van der Waals surface area contributed by atoms with Gasteiger partial charge in [0.2, 0.25) is 0 Å². The van der Waals surface area contributed by atoms with E-state index in [9.17, 15) is 0 Å². The number of hydrogen-bond acceptors (Lipinski definition) is 2. The molecule has 2 nitrogen and oxygen atoms in total. The average Bonchev–Trinajstić information content (AvgIpc) is 2.45. The summed E-state index contributed by atoms with van der Waals surface area (Å²) in [7, 11) is 0. The van der Waals surface area contributed by atoms with Crippen LogP contribution in [0.1, 0.15) is 45.6 Å². The van der Waals surface area contributed by atoms with E-state index in [-0.39, 0.29) is 0 Å². The number of nitrogens with zero attached hydrogens (tertiary/aromatic N) is 1. The molecule has 19 heavy (non-hydrogen) atoms. The van der Waals surface area contributed by atoms with Crippen LogP contribution in [-0.2, 0) is 6.42 Å². The Bertz CT molecular complexity index is 389. The lowest BCUT2D eigenvalue weighted by molar-refractivity contribution is 0.455. The summed E-state index contributed by atoms with van der Waals surface area (Å²) in [4.78, 5) is 2.61. The minimum Gasteiger partial charge on any atom is -0.367 e. The zero-order chi connectivity index (χ0) is 13.7. The van der Waals surface area contributed by atoms with Crippen molar-refractivity contribution in [2.45, 2.75) is 58.5 Å². The highest BCUT2D eigenvalue weighted by Gasteiger charge is 2.24. The second-order valence-electron chi connectivity index (χ2n) is 5.73. The fourth-order valence-corrected chi connectivity index (χ4v) is 2.96. The van der Waals surface area contributed by atoms with Crippen LogP contribution in [0, 0.1) is 0 Å². The van der Waals surface area contributed by atoms with Gasteiger partial charge in [-0.3, -0.25) is 0 Å². The van der Waals surface area contributed by atoms with Crippen molar-refractivity contribution < 1.29 is 0 Å². The molecule has 1 N–H and O–H groups in total. The summed E-state index contributed by atoms with van der Waals surface area (Å²) in [5, 5.41) is 3.68. The van der Waals surface area contributed by atoms with Gasteiger partial charge in [0.1, 0.15) is 0 Å². The fourth-order valence-electron chi connectivity index (χ4n) is 2.96. The summed E-state index contributed by atoms with van der Waals surface area (Å²) >= 11 is 0. The molecule has 0 aromatic heterocycles. The van der Waals surface area contributed by atoms with Crippen molar-refractivity contribution in [1.82, 2.24) is 5.32 Å². The van der Waals surface area contributed by atoms with Crippen LogP contribution >= 0.6 is 0 Å². The Balaban J connectivity index is 2.09. The molecule has 0 fully saturated rings. The van der Waals surface area contributed by atoms with Crippen molar-refractivity contribution >= 4 is 5.69 Å². The van der Waals surface area contributed by atoms with Gasteiger partial charge in [-0.1, -0.05) is 32.0 Å². The molecule has 1 aromatic rings. The zero-order valence-electron chi connectivity index (χ0n) is 12.7. The van der Waals surface area contributed by atoms with Gasteiger partial charge >= 0.3 is 0 Å². The van der Waals surface area contributed by atoms with Crippen molar-refractivity contribution in [2.75, 3.05) is 18.0 Å². The van der Waals surface area contributed by atoms with E-state index in [1.54, 1.807) is 0 Å². The third kappa shape index (κ3) is 3.50. The standard InChI is InChI=1S/C17H28N2/c1-4-12-18-16(5-2)13-19-14(3)10-11-15-8-6-7-9-17(15)19/h6-9,14,16,18H,4-5,10-13H2,1-3H3. The first-order chi connectivity index (χ1) is 9.26. The van der Waals surface area contributed by atoms with Crippen LogP contribution in [0.25, 0.3) is 0 Å². The number of para-hydroxylation sites is 1. The maximum atomic E-state index is 3.68. The van der Waals surface area contributed by atoms with E-state index in [1.165, 1.54) is 36.9 Å². The van der Waals surface area contributed by atoms with Gasteiger partial charge in [0.05, 0.1) is 0 Å². The quantitative estimate of drug-likeness (QED) is 0.840. The molecule has 2 heteroatoms. The summed E-state index contributed by atoms with van der Waals surface area (Å²) in [5.74, 6) is 0. The molecule has 0 radical (unpaired) electrons. The molecule has 1 aliphatic heterocycles. The lowest BCUT2D eigenvalue weighted by Gasteiger charge is -2.39. The Labute approximate surface area is 118 Å². The summed E-state index contributed by atoms with van der Waals surface area (Å²) in [6.45, 7) is 9.14. The number of fused-ring (bicyclic) bond motifs is 1. The molecule has 2 atom stereocenters. The molecule has 1 aliphatic rings. The van der Waals surface area contributed by atoms with Crippen LogP contribution in [-0.4, -0.2) is 25.2 Å². The normalized spacial score (nSPS) is 20.2. The van der Waals surface area contributed by atoms with E-state index in [0.717, 1.165) is 13.1 Å². The molecule has 1 aromatic carbocycles. The summed E-state index contributed by atoms with van der Waals surface area (Å²) in [6.07, 6.45) is 4.92. The number of hydrogen-bond donors (Lipinski definition) is 1. The maximum absolute atomic E-state index is 3.68. The molecular weight excluding hydrogens is 232 g/mol. The van der Waals surface area contributed by atoms with Crippen molar-refractivity contribution in [3.63, 3.8) is 0 Å². The predicted molar refractivity (Wildman–Crippen MR) is 83.9 cm³/mol. The third-order valence-electron chi connectivity index (χ3n) is 4.26. The lowest BCUT2D eigenvalue weighted by Crippen LogP contribution is -2.46. The molecule has 2 unspecified atom stereocenters. The second kappa shape index (κ2) is 6.95. The van der Waals surface area contributed by atoms with E-state index >= 15 is 0 Å². The van der Waals surface area contributed by atoms with Gasteiger partial charge in [-0.15, -0.1) is 0 Å². The monoisotopic (exact) mass is 260 g/mol. The Morgan fingerprint density at radius 2 is 2.11 bits per heavy atom. The van der Waals surface area contributed by atoms with Gasteiger partial charge in [-0.2, -0.15) is 0 Å². The Hall–Kier alpha value is -1.02. The molecule has 106 valence electrons. The van der Waals surface area contributed by atoms with Gasteiger partial charge in [-0.05, 0) is 50.8 Å². The Morgan fingerprint density at radius 3 is 2.84 bits per heavy atom. The van der Waals surface area contributed by atoms with E-state index in [4.69, 9.17) is 0 Å². The zero-order valence-corrected chi connectivity index (χ0v) is 12.7. The maximum Gasteiger partial charge on any atom is 0.0401 e. The van der Waals surface area contributed by atoms with Crippen LogP contribution in [0.5, 0.6) is 0 Å². The van der Waals surface area contributed by atoms with E-state index in [2.05, 4.69) is 55.3 Å². The molecule has 0 amide bonds. The molecule has 0 spiro atoms. The number of anilines is 1. The minimum absolute atomic E-state index is 0.605. The van der Waals surface area contributed by atoms with E-state index in [1.807, 2.05) is 0 Å². The molecule has 0 saturated heterocycles. The topological polar surface area (TPSA) is 15.3 Å². The van der Waals surface area contributed by atoms with Crippen LogP contribution in [0.3, 0.4) is 0 Å². The van der Waals surface area contributed by atoms with Gasteiger partial charge < -0.3 is 10.2 Å². The predicted octanol–water partition coefficient (Wildman–Crippen LogP) is 3.61. The van der Waals surface area contributed by atoms with Crippen molar-refractivity contribution in [3.05, 3.63) is 29.8 Å². The molecule has 2 rings (SSSR count). The average molecular weight is 260 g/mol. The minimum atomic E-state index is 0.605. The first-order valence-electron chi connectivity index (χ1n) is 7.84. The number of aryl methyl sites for hydroxylation is 1. The van der Waals surface area contributed by atoms with Crippen molar-refractivity contribution in [2.24, 2.45) is 0 Å². The fraction of sp³-hybridized carbons (Fsp3) is 0.647. The smallest absolute Gasteiger partial charge is 0.0401 e. The number of benzene rings is 1. The highest BCUT2D eigenvalue weighted by Crippen LogP contribution is 2.30. The molecule has 0 aliphatic carbocycles. The van der Waals surface area contributed by atoms with Crippen molar-refractivity contribution in [1.29, 1.82) is 0 Å². The number of rotatable bonds is 6. The van der Waals surface area contributed by atoms with Gasteiger partial charge in [0.15, 0.2) is 0 Å². The lowest BCUT2D eigenvalue weighted by atomic mass is 9.96. The van der Waals surface area contributed by atoms with Gasteiger partial charge in [0.25, 0.3) is 0 Å². The molecule has 0 bridgehead atoms. The summed E-state index contributed by atoms with van der Waals surface area (Å²) < 4.78 is 0. The first kappa shape index (κ1) is 14.4. The molecule has 1 heterocycles. The summed E-state index contributed by atoms with van der Waals surface area (Å²) in [5.41, 5.74) is 2.98. The van der Waals surface area contributed by atoms with Gasteiger partial charge in [0, 0.05) is 24.3 Å². The highest BCUT2D eigenvalue weighted by atomic mass is 15.2. The van der Waals surface area contributed by atoms with E-state index in [0.29, 0.717) is 12.1 Å². The van der Waals surface area contributed by atoms with E-state index < -0.39 is 0 Å². The third-order valence-corrected chi connectivity index (χ3v) is 4.26. The van der Waals surface area contributed by atoms with Gasteiger partial charge in [-0.25, -0.2) is 0 Å². The first-order valence-corrected chi connectivity index (χ1v) is 7.84. The van der Waals surface area contributed by atoms with Crippen LogP contribution in [0.2, 0.25) is 0 Å². The Morgan fingerprint density at radius 1 is 1.32 bits per heavy atom. The molecular formula is C17H28N2.